The Kier molecular flexibility index (Phi) is 5.63. The van der Waals surface area contributed by atoms with Gasteiger partial charge in [0.25, 0.3) is 0 Å². The second-order valence-electron chi connectivity index (χ2n) is 7.00. The largest absolute Gasteiger partial charge is 0.493 e. The molecule has 0 spiro atoms. The molecule has 2 aromatic carbocycles. The predicted molar refractivity (Wildman–Crippen MR) is 117 cm³/mol. The summed E-state index contributed by atoms with van der Waals surface area (Å²) in [5, 5.41) is 6.20. The highest BCUT2D eigenvalue weighted by Crippen LogP contribution is 2.36. The average molecular weight is 469 g/mol. The van der Waals surface area contributed by atoms with Gasteiger partial charge in [0, 0.05) is 12.0 Å². The van der Waals surface area contributed by atoms with Crippen molar-refractivity contribution in [2.45, 2.75) is 19.4 Å². The van der Waals surface area contributed by atoms with Crippen LogP contribution < -0.4 is 9.47 Å². The zero-order valence-electron chi connectivity index (χ0n) is 16.9. The summed E-state index contributed by atoms with van der Waals surface area (Å²) in [5.41, 5.74) is 3.82. The monoisotopic (exact) mass is 468 g/mol. The normalized spacial score (nSPS) is 15.8. The van der Waals surface area contributed by atoms with E-state index in [4.69, 9.17) is 19.0 Å². The van der Waals surface area contributed by atoms with Crippen molar-refractivity contribution >= 4 is 27.5 Å². The molecule has 0 aliphatic carbocycles. The summed E-state index contributed by atoms with van der Waals surface area (Å²) in [6.45, 7) is 2.03. The van der Waals surface area contributed by atoms with E-state index in [-0.39, 0.29) is 17.7 Å². The lowest BCUT2D eigenvalue weighted by Gasteiger charge is -2.21. The molecule has 0 N–H and O–H groups in total. The van der Waals surface area contributed by atoms with Gasteiger partial charge in [-0.15, -0.1) is 0 Å². The van der Waals surface area contributed by atoms with Crippen molar-refractivity contribution in [2.24, 2.45) is 5.10 Å². The molecular weight excluding hydrogens is 448 g/mol. The van der Waals surface area contributed by atoms with Crippen molar-refractivity contribution in [1.82, 2.24) is 5.01 Å². The Balaban J connectivity index is 1.74. The van der Waals surface area contributed by atoms with E-state index >= 15 is 0 Å². The number of ether oxygens (including phenoxy) is 2. The molecule has 2 heterocycles. The van der Waals surface area contributed by atoms with Crippen molar-refractivity contribution in [3.05, 3.63) is 81.7 Å². The second-order valence-corrected chi connectivity index (χ2v) is 7.79. The third-order valence-corrected chi connectivity index (χ3v) is 5.47. The number of amides is 1. The lowest BCUT2D eigenvalue weighted by atomic mass is 9.97. The number of hydrogen-bond donors (Lipinski definition) is 0. The maximum Gasteiger partial charge on any atom is 0.310 e. The number of carbonyl (C=O) groups excluding carboxylic acids is 1. The van der Waals surface area contributed by atoms with E-state index in [0.29, 0.717) is 22.6 Å². The van der Waals surface area contributed by atoms with Crippen LogP contribution in [-0.4, -0.2) is 30.8 Å². The molecule has 7 heteroatoms. The van der Waals surface area contributed by atoms with Crippen LogP contribution in [0.2, 0.25) is 0 Å². The lowest BCUT2D eigenvalue weighted by molar-refractivity contribution is 0.0677. The first-order chi connectivity index (χ1) is 14.5. The van der Waals surface area contributed by atoms with Gasteiger partial charge in [0.15, 0.2) is 21.9 Å². The fourth-order valence-corrected chi connectivity index (χ4v) is 3.87. The van der Waals surface area contributed by atoms with Crippen molar-refractivity contribution in [2.75, 3.05) is 14.2 Å². The number of hydrogen-bond acceptors (Lipinski definition) is 5. The molecule has 1 aromatic heterocycles. The number of halogens is 1. The van der Waals surface area contributed by atoms with Crippen LogP contribution in [0.15, 0.2) is 68.8 Å². The van der Waals surface area contributed by atoms with E-state index in [0.717, 1.165) is 22.4 Å². The van der Waals surface area contributed by atoms with Crippen LogP contribution in [0, 0.1) is 6.92 Å². The average Bonchev–Trinajstić information content (AvgIpc) is 3.39. The highest BCUT2D eigenvalue weighted by molar-refractivity contribution is 9.10. The summed E-state index contributed by atoms with van der Waals surface area (Å²) in [7, 11) is 3.19. The van der Waals surface area contributed by atoms with Crippen LogP contribution in [0.25, 0.3) is 0 Å². The number of nitrogens with zero attached hydrogens (tertiary/aromatic N) is 2. The molecule has 154 valence electrons. The lowest BCUT2D eigenvalue weighted by Crippen LogP contribution is -2.26. The van der Waals surface area contributed by atoms with Gasteiger partial charge in [-0.1, -0.05) is 29.8 Å². The molecule has 1 aliphatic heterocycles. The molecular formula is C23H21BrN2O4. The van der Waals surface area contributed by atoms with E-state index in [1.54, 1.807) is 26.4 Å². The van der Waals surface area contributed by atoms with Gasteiger partial charge in [0.2, 0.25) is 0 Å². The summed E-state index contributed by atoms with van der Waals surface area (Å²) in [4.78, 5) is 13.2. The number of hydrazone groups is 1. The minimum Gasteiger partial charge on any atom is -0.493 e. The molecule has 1 aliphatic rings. The maximum absolute atomic E-state index is 13.2. The topological polar surface area (TPSA) is 64.3 Å². The first-order valence-electron chi connectivity index (χ1n) is 9.45. The molecule has 0 saturated heterocycles. The Morgan fingerprint density at radius 2 is 1.90 bits per heavy atom. The first-order valence-corrected chi connectivity index (χ1v) is 10.2. The van der Waals surface area contributed by atoms with Crippen LogP contribution in [0.4, 0.5) is 0 Å². The van der Waals surface area contributed by atoms with E-state index in [1.165, 1.54) is 5.01 Å². The molecule has 0 bridgehead atoms. The zero-order valence-corrected chi connectivity index (χ0v) is 18.5. The van der Waals surface area contributed by atoms with Crippen molar-refractivity contribution in [3.63, 3.8) is 0 Å². The Morgan fingerprint density at radius 1 is 1.10 bits per heavy atom. The van der Waals surface area contributed by atoms with Crippen LogP contribution in [0.5, 0.6) is 11.5 Å². The Hall–Kier alpha value is -3.06. The van der Waals surface area contributed by atoms with E-state index in [2.05, 4.69) is 22.0 Å². The SMILES string of the molecule is COc1ccc(C2=NN(C(=O)c3ccc(Br)o3)[C@@H](c3cccc(C)c3)C2)cc1OC. The van der Waals surface area contributed by atoms with Crippen LogP contribution >= 0.6 is 15.9 Å². The summed E-state index contributed by atoms with van der Waals surface area (Å²) >= 11 is 3.26. The highest BCUT2D eigenvalue weighted by Gasteiger charge is 2.35. The van der Waals surface area contributed by atoms with E-state index in [9.17, 15) is 4.79 Å². The fourth-order valence-electron chi connectivity index (χ4n) is 3.57. The molecule has 4 rings (SSSR count). The first kappa shape index (κ1) is 20.2. The van der Waals surface area contributed by atoms with Gasteiger partial charge in [-0.2, -0.15) is 5.10 Å². The Labute approximate surface area is 183 Å². The summed E-state index contributed by atoms with van der Waals surface area (Å²) in [5.74, 6) is 1.20. The number of rotatable bonds is 5. The van der Waals surface area contributed by atoms with Crippen molar-refractivity contribution in [1.29, 1.82) is 0 Å². The van der Waals surface area contributed by atoms with Gasteiger partial charge in [-0.3, -0.25) is 4.79 Å². The standard InChI is InChI=1S/C23H21BrN2O4/c1-14-5-4-6-16(11-14)18-13-17(15-7-8-19(28-2)21(12-15)29-3)25-26(18)23(27)20-9-10-22(24)30-20/h4-12,18H,13H2,1-3H3/t18-/m1/s1. The quantitative estimate of drug-likeness (QED) is 0.505. The summed E-state index contributed by atoms with van der Waals surface area (Å²) < 4.78 is 16.8. The maximum atomic E-state index is 13.2. The van der Waals surface area contributed by atoms with Crippen LogP contribution in [0.1, 0.15) is 39.7 Å². The number of carbonyl (C=O) groups is 1. The highest BCUT2D eigenvalue weighted by atomic mass is 79.9. The number of methoxy groups -OCH3 is 2. The summed E-state index contributed by atoms with van der Waals surface area (Å²) in [6.07, 6.45) is 0.576. The number of furan rings is 1. The number of aryl methyl sites for hydroxylation is 1. The third kappa shape index (κ3) is 3.85. The van der Waals surface area contributed by atoms with Gasteiger partial charge in [-0.25, -0.2) is 5.01 Å². The van der Waals surface area contributed by atoms with Gasteiger partial charge in [0.1, 0.15) is 0 Å². The molecule has 3 aromatic rings. The predicted octanol–water partition coefficient (Wildman–Crippen LogP) is 5.36. The number of benzene rings is 2. The molecule has 0 radical (unpaired) electrons. The molecule has 1 atom stereocenters. The molecule has 0 saturated carbocycles. The van der Waals surface area contributed by atoms with Gasteiger partial charge >= 0.3 is 5.91 Å². The summed E-state index contributed by atoms with van der Waals surface area (Å²) in [6, 6.07) is 16.9. The second kappa shape index (κ2) is 8.36. The van der Waals surface area contributed by atoms with Gasteiger partial charge in [-0.05, 0) is 58.7 Å². The third-order valence-electron chi connectivity index (χ3n) is 5.05. The minimum absolute atomic E-state index is 0.232. The Morgan fingerprint density at radius 3 is 2.57 bits per heavy atom. The zero-order chi connectivity index (χ0) is 21.3. The van der Waals surface area contributed by atoms with E-state index < -0.39 is 0 Å². The molecule has 0 unspecified atom stereocenters. The van der Waals surface area contributed by atoms with Crippen LogP contribution in [-0.2, 0) is 0 Å². The minimum atomic E-state index is -0.289. The van der Waals surface area contributed by atoms with Crippen LogP contribution in [0.3, 0.4) is 0 Å². The van der Waals surface area contributed by atoms with Gasteiger partial charge in [0.05, 0.1) is 26.0 Å². The smallest absolute Gasteiger partial charge is 0.310 e. The van der Waals surface area contributed by atoms with Crippen molar-refractivity contribution in [3.8, 4) is 11.5 Å². The molecule has 0 fully saturated rings. The van der Waals surface area contributed by atoms with Gasteiger partial charge < -0.3 is 13.9 Å². The molecule has 6 nitrogen and oxygen atoms in total. The van der Waals surface area contributed by atoms with E-state index in [1.807, 2.05) is 43.3 Å². The molecule has 30 heavy (non-hydrogen) atoms. The Bertz CT molecular complexity index is 1120. The fraction of sp³-hybridized carbons (Fsp3) is 0.217. The van der Waals surface area contributed by atoms with Crippen molar-refractivity contribution < 1.29 is 18.7 Å². The molecule has 1 amide bonds.